The largest absolute Gasteiger partial charge is 0.480 e. The molecule has 0 aliphatic carbocycles. The molecule has 0 spiro atoms. The number of nitrogens with one attached hydrogen (secondary N) is 2. The van der Waals surface area contributed by atoms with Crippen molar-refractivity contribution in [3.63, 3.8) is 0 Å². The zero-order valence-electron chi connectivity index (χ0n) is 15.5. The Morgan fingerprint density at radius 3 is 1.81 bits per heavy atom. The fourth-order valence-corrected chi connectivity index (χ4v) is 2.35. The van der Waals surface area contributed by atoms with Gasteiger partial charge in [-0.1, -0.05) is 6.42 Å². The molecule has 0 saturated carbocycles. The Morgan fingerprint density at radius 2 is 1.33 bits per heavy atom. The number of carbonyl (C=O) groups is 4. The van der Waals surface area contributed by atoms with E-state index in [1.54, 1.807) is 0 Å². The third kappa shape index (κ3) is 11.2. The second-order valence-electron chi connectivity index (χ2n) is 6.31. The molecule has 0 bridgehead atoms. The highest BCUT2D eigenvalue weighted by molar-refractivity contribution is 5.94. The van der Waals surface area contributed by atoms with Crippen LogP contribution in [-0.4, -0.2) is 60.0 Å². The number of hydrogen-bond acceptors (Lipinski definition) is 7. The molecule has 156 valence electrons. The van der Waals surface area contributed by atoms with Gasteiger partial charge in [-0.3, -0.25) is 14.4 Å². The second kappa shape index (κ2) is 13.9. The Labute approximate surface area is 158 Å². The summed E-state index contributed by atoms with van der Waals surface area (Å²) in [6.45, 7) is 0.879. The first-order valence-corrected chi connectivity index (χ1v) is 9.00. The van der Waals surface area contributed by atoms with Gasteiger partial charge in [-0.25, -0.2) is 4.79 Å². The maximum Gasteiger partial charge on any atom is 0.326 e. The SMILES string of the molecule is NCCCCC(N)C(=O)NC(CC(N)=O)C(=O)NC(CCCCN)C(=O)O. The first kappa shape index (κ1) is 24.8. The number of aliphatic carboxylic acids is 1. The molecule has 0 aliphatic rings. The highest BCUT2D eigenvalue weighted by atomic mass is 16.4. The van der Waals surface area contributed by atoms with E-state index in [-0.39, 0.29) is 6.42 Å². The van der Waals surface area contributed by atoms with Gasteiger partial charge in [-0.2, -0.15) is 0 Å². The highest BCUT2D eigenvalue weighted by Crippen LogP contribution is 2.04. The molecule has 3 atom stereocenters. The van der Waals surface area contributed by atoms with E-state index in [0.29, 0.717) is 45.2 Å². The molecule has 27 heavy (non-hydrogen) atoms. The van der Waals surface area contributed by atoms with Gasteiger partial charge in [0, 0.05) is 0 Å². The van der Waals surface area contributed by atoms with Crippen molar-refractivity contribution in [2.45, 2.75) is 63.1 Å². The number of hydrogen-bond donors (Lipinski definition) is 7. The molecule has 0 rings (SSSR count). The summed E-state index contributed by atoms with van der Waals surface area (Å²) in [5, 5.41) is 13.9. The molecule has 0 heterocycles. The van der Waals surface area contributed by atoms with E-state index < -0.39 is 48.2 Å². The van der Waals surface area contributed by atoms with E-state index >= 15 is 0 Å². The predicted octanol–water partition coefficient (Wildman–Crippen LogP) is -2.50. The minimum atomic E-state index is -1.30. The lowest BCUT2D eigenvalue weighted by atomic mass is 10.1. The van der Waals surface area contributed by atoms with Crippen LogP contribution in [0.4, 0.5) is 0 Å². The van der Waals surface area contributed by atoms with E-state index in [0.717, 1.165) is 0 Å². The lowest BCUT2D eigenvalue weighted by Gasteiger charge is -2.22. The fraction of sp³-hybridized carbons (Fsp3) is 0.750. The zero-order chi connectivity index (χ0) is 20.8. The third-order valence-electron chi connectivity index (χ3n) is 3.91. The van der Waals surface area contributed by atoms with Crippen molar-refractivity contribution in [3.8, 4) is 0 Å². The van der Waals surface area contributed by atoms with Gasteiger partial charge in [0.2, 0.25) is 17.7 Å². The summed E-state index contributed by atoms with van der Waals surface area (Å²) < 4.78 is 0. The number of amides is 3. The van der Waals surface area contributed by atoms with Crippen LogP contribution >= 0.6 is 0 Å². The summed E-state index contributed by atoms with van der Waals surface area (Å²) >= 11 is 0. The van der Waals surface area contributed by atoms with Crippen molar-refractivity contribution in [2.75, 3.05) is 13.1 Å². The van der Waals surface area contributed by atoms with Crippen LogP contribution < -0.4 is 33.6 Å². The smallest absolute Gasteiger partial charge is 0.326 e. The summed E-state index contributed by atoms with van der Waals surface area (Å²) in [5.74, 6) is -3.47. The van der Waals surface area contributed by atoms with Crippen LogP contribution in [0.1, 0.15) is 44.9 Å². The number of carbonyl (C=O) groups excluding carboxylic acids is 3. The summed E-state index contributed by atoms with van der Waals surface area (Å²) in [7, 11) is 0. The average molecular weight is 388 g/mol. The van der Waals surface area contributed by atoms with Gasteiger partial charge in [0.25, 0.3) is 0 Å². The van der Waals surface area contributed by atoms with Crippen molar-refractivity contribution in [1.29, 1.82) is 0 Å². The topological polar surface area (TPSA) is 217 Å². The number of carboxylic acids is 1. The Kier molecular flexibility index (Phi) is 12.7. The first-order chi connectivity index (χ1) is 12.7. The molecule has 0 aromatic heterocycles. The number of rotatable bonds is 15. The molecule has 11 nitrogen and oxygen atoms in total. The number of carboxylic acid groups (broad SMARTS) is 1. The normalized spacial score (nSPS) is 14.0. The minimum Gasteiger partial charge on any atom is -0.480 e. The first-order valence-electron chi connectivity index (χ1n) is 9.00. The van der Waals surface area contributed by atoms with Gasteiger partial charge in [-0.15, -0.1) is 0 Å². The van der Waals surface area contributed by atoms with Crippen molar-refractivity contribution in [3.05, 3.63) is 0 Å². The molecule has 0 aromatic carbocycles. The quantitative estimate of drug-likeness (QED) is 0.148. The van der Waals surface area contributed by atoms with Crippen LogP contribution in [0.2, 0.25) is 0 Å². The van der Waals surface area contributed by atoms with Gasteiger partial charge in [0.1, 0.15) is 12.1 Å². The average Bonchev–Trinajstić information content (AvgIpc) is 2.59. The maximum absolute atomic E-state index is 12.4. The molecule has 3 amide bonds. The molecule has 0 radical (unpaired) electrons. The molecule has 0 saturated heterocycles. The number of primary amides is 1. The van der Waals surface area contributed by atoms with E-state index in [1.165, 1.54) is 0 Å². The van der Waals surface area contributed by atoms with Crippen LogP contribution in [0.15, 0.2) is 0 Å². The molecular formula is C16H32N6O5. The molecule has 0 fully saturated rings. The Bertz CT molecular complexity index is 502. The van der Waals surface area contributed by atoms with Gasteiger partial charge in [0.15, 0.2) is 0 Å². The summed E-state index contributed by atoms with van der Waals surface area (Å²) in [5.41, 5.74) is 21.6. The Hall–Kier alpha value is -2.24. The summed E-state index contributed by atoms with van der Waals surface area (Å²) in [4.78, 5) is 47.0. The van der Waals surface area contributed by atoms with Crippen molar-refractivity contribution in [2.24, 2.45) is 22.9 Å². The van der Waals surface area contributed by atoms with Crippen LogP contribution in [0.3, 0.4) is 0 Å². The Balaban J connectivity index is 4.88. The molecule has 11 N–H and O–H groups in total. The van der Waals surface area contributed by atoms with Gasteiger partial charge in [-0.05, 0) is 45.2 Å². The van der Waals surface area contributed by atoms with Crippen LogP contribution in [0, 0.1) is 0 Å². The van der Waals surface area contributed by atoms with Gasteiger partial charge < -0.3 is 38.7 Å². The van der Waals surface area contributed by atoms with E-state index in [2.05, 4.69) is 10.6 Å². The second-order valence-corrected chi connectivity index (χ2v) is 6.31. The maximum atomic E-state index is 12.4. The van der Waals surface area contributed by atoms with Crippen LogP contribution in [0.25, 0.3) is 0 Å². The summed E-state index contributed by atoms with van der Waals surface area (Å²) in [6, 6.07) is -3.33. The third-order valence-corrected chi connectivity index (χ3v) is 3.91. The zero-order valence-corrected chi connectivity index (χ0v) is 15.5. The molecule has 11 heteroatoms. The number of unbranched alkanes of at least 4 members (excludes halogenated alkanes) is 2. The number of nitrogens with two attached hydrogens (primary N) is 4. The van der Waals surface area contributed by atoms with Crippen LogP contribution in [0.5, 0.6) is 0 Å². The van der Waals surface area contributed by atoms with Crippen molar-refractivity contribution < 1.29 is 24.3 Å². The lowest BCUT2D eigenvalue weighted by molar-refractivity contribution is -0.142. The highest BCUT2D eigenvalue weighted by Gasteiger charge is 2.28. The van der Waals surface area contributed by atoms with Gasteiger partial charge >= 0.3 is 5.97 Å². The molecule has 0 aromatic rings. The predicted molar refractivity (Wildman–Crippen MR) is 99.1 cm³/mol. The van der Waals surface area contributed by atoms with E-state index in [1.807, 2.05) is 0 Å². The van der Waals surface area contributed by atoms with Gasteiger partial charge in [0.05, 0.1) is 12.5 Å². The molecular weight excluding hydrogens is 356 g/mol. The van der Waals surface area contributed by atoms with Crippen LogP contribution in [-0.2, 0) is 19.2 Å². The van der Waals surface area contributed by atoms with E-state index in [9.17, 15) is 24.3 Å². The monoisotopic (exact) mass is 388 g/mol. The van der Waals surface area contributed by atoms with Crippen molar-refractivity contribution >= 4 is 23.7 Å². The van der Waals surface area contributed by atoms with Crippen molar-refractivity contribution in [1.82, 2.24) is 10.6 Å². The molecule has 3 unspecified atom stereocenters. The fourth-order valence-electron chi connectivity index (χ4n) is 2.35. The lowest BCUT2D eigenvalue weighted by Crippen LogP contribution is -2.55. The van der Waals surface area contributed by atoms with E-state index in [4.69, 9.17) is 22.9 Å². The summed E-state index contributed by atoms with van der Waals surface area (Å²) in [6.07, 6.45) is 2.53. The minimum absolute atomic E-state index is 0.175. The standard InChI is InChI=1S/C16H32N6O5/c17-7-3-1-5-10(19)14(24)22-12(9-13(20)23)15(25)21-11(16(26)27)6-2-4-8-18/h10-12H,1-9,17-19H2,(H2,20,23)(H,21,25)(H,22,24)(H,26,27). The molecule has 0 aliphatic heterocycles. The Morgan fingerprint density at radius 1 is 0.815 bits per heavy atom.